The summed E-state index contributed by atoms with van der Waals surface area (Å²) in [6, 6.07) is 0. The number of hydrogen-bond donors (Lipinski definition) is 2. The van der Waals surface area contributed by atoms with Crippen LogP contribution < -0.4 is 11.5 Å². The predicted octanol–water partition coefficient (Wildman–Crippen LogP) is 14.6. The molecule has 0 radical (unpaired) electrons. The molecule has 5 amide bonds. The number of rotatable bonds is 56. The van der Waals surface area contributed by atoms with Gasteiger partial charge in [0.25, 0.3) is 0 Å². The Labute approximate surface area is 445 Å². The lowest BCUT2D eigenvalue weighted by atomic mass is 10.1. The molecule has 0 aliphatic heterocycles. The normalized spacial score (nSPS) is 11.3. The minimum absolute atomic E-state index is 0.0249. The highest BCUT2D eigenvalue weighted by Gasteiger charge is 2.27. The van der Waals surface area contributed by atoms with E-state index in [1.165, 1.54) is 173 Å². The van der Waals surface area contributed by atoms with E-state index >= 15 is 0 Å². The summed E-state index contributed by atoms with van der Waals surface area (Å²) in [7, 11) is 0. The lowest BCUT2D eigenvalue weighted by molar-refractivity contribution is -0.146. The van der Waals surface area contributed by atoms with Crippen molar-refractivity contribution < 1.29 is 24.0 Å². The topological polar surface area (TPSA) is 150 Å². The number of primary amides is 1. The van der Waals surface area contributed by atoms with Crippen molar-refractivity contribution in [3.63, 3.8) is 0 Å². The minimum atomic E-state index is -0.559. The maximum absolute atomic E-state index is 14.6. The van der Waals surface area contributed by atoms with Gasteiger partial charge in [-0.05, 0) is 45.1 Å². The lowest BCUT2D eigenvalue weighted by Crippen LogP contribution is -2.50. The van der Waals surface area contributed by atoms with Gasteiger partial charge in [0.15, 0.2) is 0 Å². The average molecular weight is 1020 g/mol. The zero-order valence-corrected chi connectivity index (χ0v) is 48.3. The molecule has 0 atom stereocenters. The fraction of sp³-hybridized carbons (Fsp3) is 0.918. The third kappa shape index (κ3) is 43.7. The molecule has 72 heavy (non-hydrogen) atoms. The molecule has 0 aromatic rings. The van der Waals surface area contributed by atoms with Gasteiger partial charge in [-0.3, -0.25) is 24.0 Å². The van der Waals surface area contributed by atoms with Gasteiger partial charge in [0.2, 0.25) is 29.5 Å². The molecule has 4 N–H and O–H groups in total. The largest absolute Gasteiger partial charge is 0.368 e. The first-order valence-electron chi connectivity index (χ1n) is 31.2. The standard InChI is InChI=1S/C61H120N6O5/c1-5-9-13-17-21-25-29-33-37-43-49-64(53-57(63)68)59(70)55-66(51-45-39-35-31-27-23-19-15-11-7-3)61(72)56-67(52-46-40-36-32-28-24-20-16-12-8-4)60(71)54-65(58(69)47-41-42-48-62)50-44-38-34-30-26-22-18-14-10-6-2/h5-56,62H2,1-4H3,(H2,63,68). The molecule has 0 rings (SSSR count). The molecule has 0 aliphatic carbocycles. The highest BCUT2D eigenvalue weighted by Crippen LogP contribution is 2.17. The zero-order chi connectivity index (χ0) is 53.0. The quantitative estimate of drug-likeness (QED) is 0.0579. The summed E-state index contributed by atoms with van der Waals surface area (Å²) in [5.74, 6) is -1.32. The molecule has 0 aromatic heterocycles. The molecular formula is C61H120N6O5. The summed E-state index contributed by atoms with van der Waals surface area (Å²) in [5, 5.41) is 0. The van der Waals surface area contributed by atoms with E-state index in [1.54, 1.807) is 19.6 Å². The molecule has 0 heterocycles. The Morgan fingerprint density at radius 3 is 0.694 bits per heavy atom. The van der Waals surface area contributed by atoms with Gasteiger partial charge in [0, 0.05) is 32.6 Å². The Morgan fingerprint density at radius 1 is 0.264 bits per heavy atom. The van der Waals surface area contributed by atoms with Crippen molar-refractivity contribution in [2.24, 2.45) is 11.5 Å². The van der Waals surface area contributed by atoms with Crippen LogP contribution in [0.5, 0.6) is 0 Å². The van der Waals surface area contributed by atoms with Gasteiger partial charge < -0.3 is 31.1 Å². The number of carbonyl (C=O) groups is 5. The Morgan fingerprint density at radius 2 is 0.472 bits per heavy atom. The molecule has 0 fully saturated rings. The Bertz CT molecular complexity index is 1270. The molecule has 0 bridgehead atoms. The van der Waals surface area contributed by atoms with Gasteiger partial charge in [-0.1, -0.05) is 259 Å². The Hall–Kier alpha value is -2.69. The number of hydrogen-bond acceptors (Lipinski definition) is 6. The van der Waals surface area contributed by atoms with Gasteiger partial charge in [-0.15, -0.1) is 0 Å². The predicted molar refractivity (Wildman–Crippen MR) is 306 cm³/mol. The van der Waals surface area contributed by atoms with Crippen molar-refractivity contribution in [2.75, 3.05) is 58.9 Å². The summed E-state index contributed by atoms with van der Waals surface area (Å²) in [6.45, 7) is 10.8. The molecule has 424 valence electrons. The first-order chi connectivity index (χ1) is 35.1. The van der Waals surface area contributed by atoms with E-state index in [2.05, 4.69) is 27.7 Å². The van der Waals surface area contributed by atoms with E-state index in [9.17, 15) is 24.0 Å². The summed E-state index contributed by atoms with van der Waals surface area (Å²) < 4.78 is 0. The van der Waals surface area contributed by atoms with E-state index in [0.29, 0.717) is 45.6 Å². The van der Waals surface area contributed by atoms with Gasteiger partial charge in [0.05, 0.1) is 26.2 Å². The van der Waals surface area contributed by atoms with Crippen molar-refractivity contribution in [3.05, 3.63) is 0 Å². The summed E-state index contributed by atoms with van der Waals surface area (Å²) in [5.41, 5.74) is 11.5. The third-order valence-electron chi connectivity index (χ3n) is 14.7. The van der Waals surface area contributed by atoms with Crippen LogP contribution in [0.4, 0.5) is 0 Å². The van der Waals surface area contributed by atoms with Crippen LogP contribution in [-0.2, 0) is 24.0 Å². The van der Waals surface area contributed by atoms with Gasteiger partial charge in [-0.25, -0.2) is 0 Å². The van der Waals surface area contributed by atoms with Crippen LogP contribution in [0.25, 0.3) is 0 Å². The number of nitrogens with two attached hydrogens (primary N) is 2. The molecule has 0 unspecified atom stereocenters. The SMILES string of the molecule is CCCCCCCCCCCCN(CC(N)=O)C(=O)CN(CCCCCCCCCCCC)C(=O)CN(CCCCCCCCCCCC)C(=O)CN(CCCCCCCCCCCC)C(=O)CCCCN. The maximum atomic E-state index is 14.6. The van der Waals surface area contributed by atoms with Crippen LogP contribution in [0, 0.1) is 0 Å². The molecule has 0 spiro atoms. The molecule has 0 saturated carbocycles. The van der Waals surface area contributed by atoms with E-state index in [4.69, 9.17) is 11.5 Å². The van der Waals surface area contributed by atoms with Crippen LogP contribution in [0.1, 0.15) is 304 Å². The number of unbranched alkanes of at least 4 members (excludes halogenated alkanes) is 37. The minimum Gasteiger partial charge on any atom is -0.368 e. The summed E-state index contributed by atoms with van der Waals surface area (Å²) in [4.78, 5) is 75.8. The first-order valence-corrected chi connectivity index (χ1v) is 31.2. The highest BCUT2D eigenvalue weighted by atomic mass is 16.2. The smallest absolute Gasteiger partial charge is 0.242 e. The van der Waals surface area contributed by atoms with Crippen LogP contribution in [0.2, 0.25) is 0 Å². The van der Waals surface area contributed by atoms with Crippen molar-refractivity contribution in [3.8, 4) is 0 Å². The number of nitrogens with zero attached hydrogens (tertiary/aromatic N) is 4. The summed E-state index contributed by atoms with van der Waals surface area (Å²) in [6.07, 6.45) is 48.6. The number of carbonyl (C=O) groups excluding carboxylic acids is 5. The second kappa shape index (κ2) is 53.1. The molecular weight excluding hydrogens is 897 g/mol. The average Bonchev–Trinajstić information content (AvgIpc) is 3.36. The molecule has 11 heteroatoms. The van der Waals surface area contributed by atoms with E-state index in [0.717, 1.165) is 89.9 Å². The van der Waals surface area contributed by atoms with Crippen LogP contribution >= 0.6 is 0 Å². The van der Waals surface area contributed by atoms with Crippen molar-refractivity contribution in [1.29, 1.82) is 0 Å². The highest BCUT2D eigenvalue weighted by molar-refractivity contribution is 5.91. The fourth-order valence-electron chi connectivity index (χ4n) is 9.88. The third-order valence-corrected chi connectivity index (χ3v) is 14.7. The fourth-order valence-corrected chi connectivity index (χ4v) is 9.88. The second-order valence-electron chi connectivity index (χ2n) is 21.7. The van der Waals surface area contributed by atoms with Crippen LogP contribution in [0.15, 0.2) is 0 Å². The Balaban J connectivity index is 6.15. The molecule has 0 aliphatic rings. The monoisotopic (exact) mass is 1020 g/mol. The van der Waals surface area contributed by atoms with Crippen molar-refractivity contribution in [1.82, 2.24) is 19.6 Å². The maximum Gasteiger partial charge on any atom is 0.242 e. The summed E-state index contributed by atoms with van der Waals surface area (Å²) >= 11 is 0. The van der Waals surface area contributed by atoms with Gasteiger partial charge in [0.1, 0.15) is 0 Å². The first kappa shape index (κ1) is 69.3. The van der Waals surface area contributed by atoms with E-state index in [1.807, 2.05) is 0 Å². The van der Waals surface area contributed by atoms with Gasteiger partial charge >= 0.3 is 0 Å². The van der Waals surface area contributed by atoms with Gasteiger partial charge in [-0.2, -0.15) is 0 Å². The molecule has 0 saturated heterocycles. The lowest BCUT2D eigenvalue weighted by Gasteiger charge is -2.31. The molecule has 0 aromatic carbocycles. The van der Waals surface area contributed by atoms with Crippen LogP contribution in [-0.4, -0.2) is 108 Å². The van der Waals surface area contributed by atoms with E-state index < -0.39 is 5.91 Å². The zero-order valence-electron chi connectivity index (χ0n) is 48.3. The van der Waals surface area contributed by atoms with Crippen molar-refractivity contribution in [2.45, 2.75) is 304 Å². The van der Waals surface area contributed by atoms with E-state index in [-0.39, 0.29) is 49.8 Å². The molecule has 11 nitrogen and oxygen atoms in total. The Kier molecular flexibility index (Phi) is 51.2. The second-order valence-corrected chi connectivity index (χ2v) is 21.7. The van der Waals surface area contributed by atoms with Crippen molar-refractivity contribution >= 4 is 29.5 Å². The number of amides is 5. The van der Waals surface area contributed by atoms with Crippen LogP contribution in [0.3, 0.4) is 0 Å².